The molecule has 0 radical (unpaired) electrons. The Balaban J connectivity index is 1.97. The predicted octanol–water partition coefficient (Wildman–Crippen LogP) is 4.85. The van der Waals surface area contributed by atoms with Gasteiger partial charge in [0.05, 0.1) is 5.56 Å². The Hall–Kier alpha value is -1.79. The lowest BCUT2D eigenvalue weighted by Gasteiger charge is -2.13. The fourth-order valence-electron chi connectivity index (χ4n) is 1.77. The molecular weight excluding hydrogens is 333 g/mol. The fraction of sp³-hybridized carbons (Fsp3) is 0.133. The molecule has 0 aromatic heterocycles. The maximum absolute atomic E-state index is 12.6. The number of benzene rings is 2. The highest BCUT2D eigenvalue weighted by Crippen LogP contribution is 2.30. The summed E-state index contributed by atoms with van der Waals surface area (Å²) in [4.78, 5) is 0. The van der Waals surface area contributed by atoms with E-state index in [2.05, 4.69) is 10.6 Å². The number of alkyl halides is 3. The van der Waals surface area contributed by atoms with Crippen LogP contribution < -0.4 is 10.6 Å². The van der Waals surface area contributed by atoms with Crippen LogP contribution in [0.25, 0.3) is 0 Å². The van der Waals surface area contributed by atoms with Crippen LogP contribution in [-0.4, -0.2) is 5.11 Å². The van der Waals surface area contributed by atoms with Crippen molar-refractivity contribution in [2.24, 2.45) is 0 Å². The van der Waals surface area contributed by atoms with Gasteiger partial charge in [-0.05, 0) is 42.0 Å². The van der Waals surface area contributed by atoms with Gasteiger partial charge in [-0.1, -0.05) is 35.9 Å². The molecule has 7 heteroatoms. The Morgan fingerprint density at radius 3 is 2.50 bits per heavy atom. The highest BCUT2D eigenvalue weighted by Gasteiger charge is 2.30. The van der Waals surface area contributed by atoms with E-state index in [9.17, 15) is 13.2 Å². The Labute approximate surface area is 136 Å². The molecule has 2 aromatic carbocycles. The Bertz CT molecular complexity index is 674. The predicted molar refractivity (Wildman–Crippen MR) is 86.0 cm³/mol. The van der Waals surface area contributed by atoms with E-state index in [1.165, 1.54) is 12.1 Å². The first-order chi connectivity index (χ1) is 10.4. The van der Waals surface area contributed by atoms with Crippen LogP contribution in [0.4, 0.5) is 18.9 Å². The Kier molecular flexibility index (Phi) is 5.26. The molecule has 0 aliphatic heterocycles. The second kappa shape index (κ2) is 6.98. The number of thiocarbonyl (C=S) groups is 1. The molecule has 0 amide bonds. The summed E-state index contributed by atoms with van der Waals surface area (Å²) in [6, 6.07) is 12.1. The lowest BCUT2D eigenvalue weighted by molar-refractivity contribution is -0.137. The maximum atomic E-state index is 12.6. The fourth-order valence-corrected chi connectivity index (χ4v) is 2.16. The second-order valence-corrected chi connectivity index (χ2v) is 5.29. The molecule has 2 N–H and O–H groups in total. The number of hydrogen-bond donors (Lipinski definition) is 2. The van der Waals surface area contributed by atoms with Crippen molar-refractivity contribution in [2.45, 2.75) is 12.7 Å². The molecule has 2 rings (SSSR count). The van der Waals surface area contributed by atoms with E-state index in [1.54, 1.807) is 6.07 Å². The first-order valence-corrected chi connectivity index (χ1v) is 7.10. The van der Waals surface area contributed by atoms with Gasteiger partial charge in [-0.15, -0.1) is 0 Å². The van der Waals surface area contributed by atoms with Crippen molar-refractivity contribution in [1.29, 1.82) is 0 Å². The summed E-state index contributed by atoms with van der Waals surface area (Å²) < 4.78 is 37.9. The van der Waals surface area contributed by atoms with Gasteiger partial charge in [0.2, 0.25) is 0 Å². The lowest BCUT2D eigenvalue weighted by Crippen LogP contribution is -2.28. The van der Waals surface area contributed by atoms with Gasteiger partial charge in [0, 0.05) is 17.3 Å². The van der Waals surface area contributed by atoms with Gasteiger partial charge < -0.3 is 10.6 Å². The van der Waals surface area contributed by atoms with Gasteiger partial charge in [0.15, 0.2) is 5.11 Å². The largest absolute Gasteiger partial charge is 0.416 e. The monoisotopic (exact) mass is 344 g/mol. The smallest absolute Gasteiger partial charge is 0.358 e. The highest BCUT2D eigenvalue weighted by molar-refractivity contribution is 7.80. The molecule has 0 heterocycles. The molecule has 2 aromatic rings. The van der Waals surface area contributed by atoms with Crippen LogP contribution in [-0.2, 0) is 12.7 Å². The van der Waals surface area contributed by atoms with Gasteiger partial charge in [-0.25, -0.2) is 0 Å². The number of hydrogen-bond acceptors (Lipinski definition) is 1. The molecule has 0 unspecified atom stereocenters. The first kappa shape index (κ1) is 16.6. The average Bonchev–Trinajstić information content (AvgIpc) is 2.46. The quantitative estimate of drug-likeness (QED) is 0.779. The van der Waals surface area contributed by atoms with Crippen molar-refractivity contribution in [3.63, 3.8) is 0 Å². The zero-order valence-corrected chi connectivity index (χ0v) is 12.8. The van der Waals surface area contributed by atoms with Crippen LogP contribution in [0.1, 0.15) is 11.1 Å². The molecule has 0 aliphatic carbocycles. The van der Waals surface area contributed by atoms with Crippen LogP contribution >= 0.6 is 23.8 Å². The van der Waals surface area contributed by atoms with E-state index in [0.717, 1.165) is 17.7 Å². The molecule has 0 aliphatic rings. The van der Waals surface area contributed by atoms with Crippen molar-refractivity contribution in [3.8, 4) is 0 Å². The number of anilines is 1. The highest BCUT2D eigenvalue weighted by atomic mass is 35.5. The van der Waals surface area contributed by atoms with E-state index >= 15 is 0 Å². The molecule has 0 saturated heterocycles. The van der Waals surface area contributed by atoms with Gasteiger partial charge in [-0.3, -0.25) is 0 Å². The molecular formula is C15H12ClF3N2S. The molecule has 0 bridgehead atoms. The van der Waals surface area contributed by atoms with E-state index in [1.807, 2.05) is 18.2 Å². The van der Waals surface area contributed by atoms with Gasteiger partial charge >= 0.3 is 6.18 Å². The zero-order chi connectivity index (χ0) is 16.2. The van der Waals surface area contributed by atoms with Crippen molar-refractivity contribution in [1.82, 2.24) is 5.32 Å². The Morgan fingerprint density at radius 1 is 1.09 bits per heavy atom. The normalized spacial score (nSPS) is 11.1. The van der Waals surface area contributed by atoms with Crippen LogP contribution in [0.5, 0.6) is 0 Å². The summed E-state index contributed by atoms with van der Waals surface area (Å²) in [5, 5.41) is 6.44. The SMILES string of the molecule is FC(F)(F)c1cccc(NC(=S)NCc2ccccc2Cl)c1. The summed E-state index contributed by atoms with van der Waals surface area (Å²) in [7, 11) is 0. The molecule has 0 atom stereocenters. The van der Waals surface area contributed by atoms with Crippen LogP contribution in [0.3, 0.4) is 0 Å². The summed E-state index contributed by atoms with van der Waals surface area (Å²) in [5.41, 5.74) is 0.384. The number of nitrogens with one attached hydrogen (secondary N) is 2. The molecule has 0 spiro atoms. The van der Waals surface area contributed by atoms with Crippen molar-refractivity contribution < 1.29 is 13.2 Å². The number of halogens is 4. The molecule has 22 heavy (non-hydrogen) atoms. The summed E-state index contributed by atoms with van der Waals surface area (Å²) in [6.45, 7) is 0.379. The maximum Gasteiger partial charge on any atom is 0.416 e. The van der Waals surface area contributed by atoms with Crippen molar-refractivity contribution >= 4 is 34.6 Å². The van der Waals surface area contributed by atoms with E-state index < -0.39 is 11.7 Å². The van der Waals surface area contributed by atoms with Crippen molar-refractivity contribution in [2.75, 3.05) is 5.32 Å². The van der Waals surface area contributed by atoms with E-state index in [4.69, 9.17) is 23.8 Å². The molecule has 0 fully saturated rings. The van der Waals surface area contributed by atoms with Crippen LogP contribution in [0, 0.1) is 0 Å². The zero-order valence-electron chi connectivity index (χ0n) is 11.2. The third-order valence-electron chi connectivity index (χ3n) is 2.85. The minimum atomic E-state index is -4.38. The van der Waals surface area contributed by atoms with Gasteiger partial charge in [0.25, 0.3) is 0 Å². The molecule has 0 saturated carbocycles. The second-order valence-electron chi connectivity index (χ2n) is 4.48. The topological polar surface area (TPSA) is 24.1 Å². The van der Waals surface area contributed by atoms with Gasteiger partial charge in [-0.2, -0.15) is 13.2 Å². The molecule has 116 valence electrons. The summed E-state index contributed by atoms with van der Waals surface area (Å²) in [6.07, 6.45) is -4.38. The number of rotatable bonds is 3. The minimum Gasteiger partial charge on any atom is -0.358 e. The first-order valence-electron chi connectivity index (χ1n) is 6.32. The standard InChI is InChI=1S/C15H12ClF3N2S/c16-13-7-2-1-4-10(13)9-20-14(22)21-12-6-3-5-11(8-12)15(17,18)19/h1-8H,9H2,(H2,20,21,22). The third kappa shape index (κ3) is 4.61. The summed E-state index contributed by atoms with van der Waals surface area (Å²) >= 11 is 11.1. The third-order valence-corrected chi connectivity index (χ3v) is 3.46. The van der Waals surface area contributed by atoms with Crippen LogP contribution in [0.2, 0.25) is 5.02 Å². The van der Waals surface area contributed by atoms with Crippen molar-refractivity contribution in [3.05, 3.63) is 64.7 Å². The van der Waals surface area contributed by atoms with Gasteiger partial charge in [0.1, 0.15) is 0 Å². The minimum absolute atomic E-state index is 0.222. The lowest BCUT2D eigenvalue weighted by atomic mass is 10.2. The van der Waals surface area contributed by atoms with E-state index in [0.29, 0.717) is 11.6 Å². The van der Waals surface area contributed by atoms with Crippen LogP contribution in [0.15, 0.2) is 48.5 Å². The van der Waals surface area contributed by atoms with E-state index in [-0.39, 0.29) is 10.8 Å². The Morgan fingerprint density at radius 2 is 1.82 bits per heavy atom. The average molecular weight is 345 g/mol. The molecule has 2 nitrogen and oxygen atoms in total. The summed E-state index contributed by atoms with van der Waals surface area (Å²) in [5.74, 6) is 0.